The van der Waals surface area contributed by atoms with Gasteiger partial charge in [-0.3, -0.25) is 9.59 Å². The van der Waals surface area contributed by atoms with E-state index in [1.165, 1.54) is 19.3 Å². The molecule has 4 heteroatoms. The van der Waals surface area contributed by atoms with E-state index in [1.807, 2.05) is 30.1 Å². The Labute approximate surface area is 161 Å². The van der Waals surface area contributed by atoms with Crippen LogP contribution in [0, 0.1) is 0 Å². The first-order valence-corrected chi connectivity index (χ1v) is 9.69. The van der Waals surface area contributed by atoms with E-state index in [1.54, 1.807) is 43.3 Å². The lowest BCUT2D eigenvalue weighted by atomic mass is 9.94. The largest absolute Gasteiger partial charge is 0.481 e. The Morgan fingerprint density at radius 3 is 2.15 bits per heavy atom. The smallest absolute Gasteiger partial charge is 0.263 e. The molecular weight excluding hydrogens is 338 g/mol. The third-order valence-corrected chi connectivity index (χ3v) is 5.28. The molecule has 0 unspecified atom stereocenters. The molecule has 3 rings (SSSR count). The van der Waals surface area contributed by atoms with E-state index >= 15 is 0 Å². The average molecular weight is 365 g/mol. The molecule has 0 saturated heterocycles. The van der Waals surface area contributed by atoms with Crippen molar-refractivity contribution >= 4 is 11.7 Å². The molecule has 1 saturated carbocycles. The molecule has 27 heavy (non-hydrogen) atoms. The molecule has 1 amide bonds. The van der Waals surface area contributed by atoms with Crippen LogP contribution in [0.2, 0.25) is 0 Å². The van der Waals surface area contributed by atoms with Crippen LogP contribution in [-0.2, 0) is 4.79 Å². The van der Waals surface area contributed by atoms with Gasteiger partial charge in [-0.2, -0.15) is 0 Å². The molecule has 2 aromatic rings. The Bertz CT molecular complexity index is 764. The molecule has 0 spiro atoms. The van der Waals surface area contributed by atoms with Gasteiger partial charge in [0.15, 0.2) is 11.9 Å². The molecule has 142 valence electrons. The third-order valence-electron chi connectivity index (χ3n) is 5.28. The lowest BCUT2D eigenvalue weighted by molar-refractivity contribution is -0.139. The summed E-state index contributed by atoms with van der Waals surface area (Å²) >= 11 is 0. The van der Waals surface area contributed by atoms with Crippen LogP contribution in [0.4, 0.5) is 0 Å². The number of hydrogen-bond donors (Lipinski definition) is 0. The molecule has 1 aliphatic carbocycles. The quantitative estimate of drug-likeness (QED) is 0.709. The van der Waals surface area contributed by atoms with Crippen molar-refractivity contribution in [1.82, 2.24) is 4.90 Å². The Kier molecular flexibility index (Phi) is 6.28. The maximum Gasteiger partial charge on any atom is 0.263 e. The molecule has 0 N–H and O–H groups in total. The second-order valence-electron chi connectivity index (χ2n) is 7.22. The number of ether oxygens (including phenoxy) is 1. The van der Waals surface area contributed by atoms with Crippen molar-refractivity contribution in [2.24, 2.45) is 0 Å². The number of carbonyl (C=O) groups excluding carboxylic acids is 2. The molecule has 0 bridgehead atoms. The summed E-state index contributed by atoms with van der Waals surface area (Å²) in [7, 11) is 1.87. The normalized spacial score (nSPS) is 15.8. The van der Waals surface area contributed by atoms with E-state index in [4.69, 9.17) is 4.74 Å². The minimum Gasteiger partial charge on any atom is -0.481 e. The van der Waals surface area contributed by atoms with E-state index < -0.39 is 6.10 Å². The van der Waals surface area contributed by atoms with Crippen molar-refractivity contribution < 1.29 is 14.3 Å². The predicted octanol–water partition coefficient (Wildman–Crippen LogP) is 4.48. The van der Waals surface area contributed by atoms with Crippen LogP contribution < -0.4 is 4.74 Å². The van der Waals surface area contributed by atoms with Gasteiger partial charge in [0.05, 0.1) is 0 Å². The van der Waals surface area contributed by atoms with Gasteiger partial charge in [-0.05, 0) is 44.0 Å². The van der Waals surface area contributed by atoms with Crippen molar-refractivity contribution in [1.29, 1.82) is 0 Å². The fourth-order valence-corrected chi connectivity index (χ4v) is 3.63. The topological polar surface area (TPSA) is 46.6 Å². The molecule has 1 fully saturated rings. The number of hydrogen-bond acceptors (Lipinski definition) is 3. The molecule has 1 atom stereocenters. The minimum absolute atomic E-state index is 0.00587. The Morgan fingerprint density at radius 2 is 1.52 bits per heavy atom. The van der Waals surface area contributed by atoms with Gasteiger partial charge in [0, 0.05) is 24.2 Å². The summed E-state index contributed by atoms with van der Waals surface area (Å²) in [5.41, 5.74) is 1.26. The first kappa shape index (κ1) is 19.2. The molecule has 4 nitrogen and oxygen atoms in total. The Morgan fingerprint density at radius 1 is 0.926 bits per heavy atom. The zero-order valence-electron chi connectivity index (χ0n) is 16.1. The second kappa shape index (κ2) is 8.85. The van der Waals surface area contributed by atoms with Crippen LogP contribution in [0.5, 0.6) is 5.75 Å². The van der Waals surface area contributed by atoms with Gasteiger partial charge in [0.1, 0.15) is 5.75 Å². The van der Waals surface area contributed by atoms with E-state index in [-0.39, 0.29) is 11.7 Å². The fraction of sp³-hybridized carbons (Fsp3) is 0.391. The number of likely N-dealkylation sites (N-methyl/N-ethyl adjacent to an activating group) is 1. The summed E-state index contributed by atoms with van der Waals surface area (Å²) in [5, 5.41) is 0. The number of benzene rings is 2. The third kappa shape index (κ3) is 4.76. The molecular formula is C23H27NO3. The zero-order valence-corrected chi connectivity index (χ0v) is 16.1. The SMILES string of the molecule is C[C@H](Oc1ccc(C(=O)c2ccccc2)cc1)C(=O)N(C)C1CCCCC1. The highest BCUT2D eigenvalue weighted by Gasteiger charge is 2.26. The number of carbonyl (C=O) groups is 2. The molecule has 0 aromatic heterocycles. The summed E-state index contributed by atoms with van der Waals surface area (Å²) in [6, 6.07) is 16.5. The molecule has 0 aliphatic heterocycles. The van der Waals surface area contributed by atoms with Gasteiger partial charge >= 0.3 is 0 Å². The number of rotatable bonds is 6. The zero-order chi connectivity index (χ0) is 19.2. The first-order chi connectivity index (χ1) is 13.1. The lowest BCUT2D eigenvalue weighted by Gasteiger charge is -2.32. The van der Waals surface area contributed by atoms with E-state index in [0.29, 0.717) is 22.9 Å². The second-order valence-corrected chi connectivity index (χ2v) is 7.22. The van der Waals surface area contributed by atoms with Gasteiger partial charge in [0.25, 0.3) is 5.91 Å². The van der Waals surface area contributed by atoms with Crippen LogP contribution in [0.25, 0.3) is 0 Å². The van der Waals surface area contributed by atoms with Crippen LogP contribution in [0.1, 0.15) is 54.9 Å². The maximum atomic E-state index is 12.7. The van der Waals surface area contributed by atoms with Crippen LogP contribution in [0.3, 0.4) is 0 Å². The summed E-state index contributed by atoms with van der Waals surface area (Å²) < 4.78 is 5.83. The Hall–Kier alpha value is -2.62. The van der Waals surface area contributed by atoms with E-state index in [9.17, 15) is 9.59 Å². The predicted molar refractivity (Wildman–Crippen MR) is 106 cm³/mol. The highest BCUT2D eigenvalue weighted by molar-refractivity contribution is 6.08. The summed E-state index contributed by atoms with van der Waals surface area (Å²) in [5.74, 6) is 0.576. The van der Waals surface area contributed by atoms with Crippen molar-refractivity contribution in [2.45, 2.75) is 51.2 Å². The average Bonchev–Trinajstić information content (AvgIpc) is 2.74. The van der Waals surface area contributed by atoms with Crippen molar-refractivity contribution in [2.75, 3.05) is 7.05 Å². The van der Waals surface area contributed by atoms with E-state index in [2.05, 4.69) is 0 Å². The molecule has 2 aromatic carbocycles. The molecule has 0 radical (unpaired) electrons. The highest BCUT2D eigenvalue weighted by atomic mass is 16.5. The highest BCUT2D eigenvalue weighted by Crippen LogP contribution is 2.23. The molecule has 1 aliphatic rings. The van der Waals surface area contributed by atoms with Crippen LogP contribution >= 0.6 is 0 Å². The summed E-state index contributed by atoms with van der Waals surface area (Å²) in [6.45, 7) is 1.78. The van der Waals surface area contributed by atoms with Gasteiger partial charge in [-0.15, -0.1) is 0 Å². The van der Waals surface area contributed by atoms with E-state index in [0.717, 1.165) is 12.8 Å². The maximum absolute atomic E-state index is 12.7. The standard InChI is InChI=1S/C23H27NO3/c1-17(23(26)24(2)20-11-7-4-8-12-20)27-21-15-13-19(14-16-21)22(25)18-9-5-3-6-10-18/h3,5-6,9-10,13-17,20H,4,7-8,11-12H2,1-2H3/t17-/m0/s1. The molecule has 0 heterocycles. The lowest BCUT2D eigenvalue weighted by Crippen LogP contribution is -2.44. The van der Waals surface area contributed by atoms with Crippen molar-refractivity contribution in [3.8, 4) is 5.75 Å². The van der Waals surface area contributed by atoms with Gasteiger partial charge in [-0.1, -0.05) is 49.6 Å². The van der Waals surface area contributed by atoms with Crippen LogP contribution in [0.15, 0.2) is 54.6 Å². The van der Waals surface area contributed by atoms with Crippen molar-refractivity contribution in [3.05, 3.63) is 65.7 Å². The number of amides is 1. The minimum atomic E-state index is -0.549. The first-order valence-electron chi connectivity index (χ1n) is 9.69. The Balaban J connectivity index is 1.60. The van der Waals surface area contributed by atoms with Crippen molar-refractivity contribution in [3.63, 3.8) is 0 Å². The fourth-order valence-electron chi connectivity index (χ4n) is 3.63. The van der Waals surface area contributed by atoms with Gasteiger partial charge < -0.3 is 9.64 Å². The monoisotopic (exact) mass is 365 g/mol. The van der Waals surface area contributed by atoms with Gasteiger partial charge in [-0.25, -0.2) is 0 Å². The summed E-state index contributed by atoms with van der Waals surface area (Å²) in [4.78, 5) is 26.9. The summed E-state index contributed by atoms with van der Waals surface area (Å²) in [6.07, 6.45) is 5.24. The number of ketones is 1. The van der Waals surface area contributed by atoms with Crippen LogP contribution in [-0.4, -0.2) is 35.8 Å². The van der Waals surface area contributed by atoms with Gasteiger partial charge in [0.2, 0.25) is 0 Å². The number of nitrogens with zero attached hydrogens (tertiary/aromatic N) is 1.